The molecule has 0 aromatic heterocycles. The first-order valence-corrected chi connectivity index (χ1v) is 5.91. The van der Waals surface area contributed by atoms with Crippen LogP contribution in [0.4, 0.5) is 0 Å². The highest BCUT2D eigenvalue weighted by molar-refractivity contribution is 5.75. The zero-order chi connectivity index (χ0) is 12.5. The molecule has 0 aliphatic carbocycles. The van der Waals surface area contributed by atoms with Gasteiger partial charge in [0.05, 0.1) is 6.61 Å². The second-order valence-electron chi connectivity index (χ2n) is 3.81. The molecule has 1 aromatic carbocycles. The minimum absolute atomic E-state index is 0.325. The molecule has 0 amide bonds. The minimum atomic E-state index is -0.529. The van der Waals surface area contributed by atoms with E-state index in [0.29, 0.717) is 19.6 Å². The van der Waals surface area contributed by atoms with Gasteiger partial charge >= 0.3 is 5.97 Å². The number of carbonyl (C=O) groups excluding carboxylic acids is 1. The van der Waals surface area contributed by atoms with Gasteiger partial charge in [-0.3, -0.25) is 4.79 Å². The van der Waals surface area contributed by atoms with Crippen LogP contribution in [0.3, 0.4) is 0 Å². The van der Waals surface area contributed by atoms with Gasteiger partial charge in [-0.25, -0.2) is 0 Å². The number of benzene rings is 1. The van der Waals surface area contributed by atoms with E-state index in [-0.39, 0.29) is 5.97 Å². The van der Waals surface area contributed by atoms with Crippen LogP contribution in [0.1, 0.15) is 18.9 Å². The summed E-state index contributed by atoms with van der Waals surface area (Å²) in [6.07, 6.45) is 0.589. The fourth-order valence-electron chi connectivity index (χ4n) is 1.45. The Morgan fingerprint density at radius 2 is 2.12 bits per heavy atom. The maximum absolute atomic E-state index is 11.2. The summed E-state index contributed by atoms with van der Waals surface area (Å²) in [5, 5.41) is 3.24. The Bertz CT molecular complexity index is 327. The highest BCUT2D eigenvalue weighted by Gasteiger charge is 2.13. The third-order valence-electron chi connectivity index (χ3n) is 2.39. The van der Waals surface area contributed by atoms with Gasteiger partial charge in [0.15, 0.2) is 0 Å². The van der Waals surface area contributed by atoms with Crippen molar-refractivity contribution in [1.82, 2.24) is 5.32 Å². The van der Waals surface area contributed by atoms with Crippen molar-refractivity contribution < 1.29 is 9.53 Å². The topological polar surface area (TPSA) is 64.3 Å². The van der Waals surface area contributed by atoms with Crippen LogP contribution >= 0.6 is 0 Å². The minimum Gasteiger partial charge on any atom is -0.465 e. The van der Waals surface area contributed by atoms with Crippen LogP contribution in [0.25, 0.3) is 0 Å². The van der Waals surface area contributed by atoms with Crippen LogP contribution < -0.4 is 11.1 Å². The molecule has 4 nitrogen and oxygen atoms in total. The molecule has 1 unspecified atom stereocenters. The molecule has 0 spiro atoms. The Kier molecular flexibility index (Phi) is 6.29. The van der Waals surface area contributed by atoms with Crippen LogP contribution in [0.5, 0.6) is 0 Å². The van der Waals surface area contributed by atoms with Crippen LogP contribution in [0.15, 0.2) is 30.3 Å². The van der Waals surface area contributed by atoms with Gasteiger partial charge in [0.1, 0.15) is 6.04 Å². The van der Waals surface area contributed by atoms with Crippen molar-refractivity contribution in [2.45, 2.75) is 25.9 Å². The monoisotopic (exact) mass is 236 g/mol. The predicted molar refractivity (Wildman–Crippen MR) is 67.4 cm³/mol. The third-order valence-corrected chi connectivity index (χ3v) is 2.39. The van der Waals surface area contributed by atoms with E-state index in [0.717, 1.165) is 6.54 Å². The van der Waals surface area contributed by atoms with Gasteiger partial charge in [-0.05, 0) is 25.5 Å². The number of esters is 1. The normalized spacial score (nSPS) is 12.1. The van der Waals surface area contributed by atoms with Crippen molar-refractivity contribution in [1.29, 1.82) is 0 Å². The van der Waals surface area contributed by atoms with Crippen molar-refractivity contribution in [3.05, 3.63) is 35.9 Å². The second-order valence-corrected chi connectivity index (χ2v) is 3.81. The van der Waals surface area contributed by atoms with Crippen molar-refractivity contribution in [2.24, 2.45) is 5.73 Å². The van der Waals surface area contributed by atoms with Gasteiger partial charge in [-0.1, -0.05) is 30.3 Å². The fourth-order valence-corrected chi connectivity index (χ4v) is 1.45. The number of hydrogen-bond donors (Lipinski definition) is 2. The second kappa shape index (κ2) is 7.81. The summed E-state index contributed by atoms with van der Waals surface area (Å²) < 4.78 is 4.83. The molecule has 0 heterocycles. The molecule has 0 saturated carbocycles. The Morgan fingerprint density at radius 1 is 1.41 bits per heavy atom. The van der Waals surface area contributed by atoms with E-state index < -0.39 is 6.04 Å². The van der Waals surface area contributed by atoms with E-state index in [2.05, 4.69) is 17.4 Å². The summed E-state index contributed by atoms with van der Waals surface area (Å²) in [7, 11) is 0. The van der Waals surface area contributed by atoms with E-state index in [9.17, 15) is 4.79 Å². The summed E-state index contributed by atoms with van der Waals surface area (Å²) in [6.45, 7) is 3.65. The van der Waals surface area contributed by atoms with Crippen LogP contribution in [-0.4, -0.2) is 25.2 Å². The Balaban J connectivity index is 2.14. The molecule has 0 radical (unpaired) electrons. The molecule has 1 atom stereocenters. The van der Waals surface area contributed by atoms with E-state index in [1.54, 1.807) is 6.92 Å². The first-order valence-electron chi connectivity index (χ1n) is 5.91. The quantitative estimate of drug-likeness (QED) is 0.549. The van der Waals surface area contributed by atoms with Gasteiger partial charge in [0.2, 0.25) is 0 Å². The third kappa shape index (κ3) is 5.47. The van der Waals surface area contributed by atoms with E-state index >= 15 is 0 Å². The number of ether oxygens (including phenoxy) is 1. The number of carbonyl (C=O) groups is 1. The molecule has 1 rings (SSSR count). The zero-order valence-corrected chi connectivity index (χ0v) is 10.2. The average molecular weight is 236 g/mol. The van der Waals surface area contributed by atoms with Crippen molar-refractivity contribution in [3.63, 3.8) is 0 Å². The lowest BCUT2D eigenvalue weighted by Crippen LogP contribution is -2.35. The molecule has 17 heavy (non-hydrogen) atoms. The molecule has 4 heteroatoms. The molecular formula is C13H20N2O2. The number of nitrogens with two attached hydrogens (primary N) is 1. The molecule has 0 saturated heterocycles. The molecular weight excluding hydrogens is 216 g/mol. The van der Waals surface area contributed by atoms with Crippen molar-refractivity contribution >= 4 is 5.97 Å². The first kappa shape index (κ1) is 13.7. The fraction of sp³-hybridized carbons (Fsp3) is 0.462. The van der Waals surface area contributed by atoms with Gasteiger partial charge in [-0.2, -0.15) is 0 Å². The highest BCUT2D eigenvalue weighted by Crippen LogP contribution is 1.97. The summed E-state index contributed by atoms with van der Waals surface area (Å²) in [5.74, 6) is -0.325. The molecule has 0 fully saturated rings. The molecule has 3 N–H and O–H groups in total. The molecule has 94 valence electrons. The van der Waals surface area contributed by atoms with Crippen molar-refractivity contribution in [3.8, 4) is 0 Å². The molecule has 0 aliphatic heterocycles. The smallest absolute Gasteiger partial charge is 0.322 e. The summed E-state index contributed by atoms with van der Waals surface area (Å²) in [5.41, 5.74) is 6.89. The highest BCUT2D eigenvalue weighted by atomic mass is 16.5. The Labute approximate surface area is 102 Å². The maximum atomic E-state index is 11.2. The Morgan fingerprint density at radius 3 is 2.76 bits per heavy atom. The summed E-state index contributed by atoms with van der Waals surface area (Å²) in [6, 6.07) is 9.57. The number of nitrogens with one attached hydrogen (secondary N) is 1. The lowest BCUT2D eigenvalue weighted by molar-refractivity contribution is -0.144. The summed E-state index contributed by atoms with van der Waals surface area (Å²) >= 11 is 0. The average Bonchev–Trinajstić information content (AvgIpc) is 2.36. The molecule has 1 aromatic rings. The molecule has 0 bridgehead atoms. The first-order chi connectivity index (χ1) is 8.24. The number of rotatable bonds is 7. The van der Waals surface area contributed by atoms with E-state index in [1.165, 1.54) is 5.56 Å². The lowest BCUT2D eigenvalue weighted by Gasteiger charge is -2.11. The molecule has 0 aliphatic rings. The largest absolute Gasteiger partial charge is 0.465 e. The van der Waals surface area contributed by atoms with Gasteiger partial charge in [0, 0.05) is 6.54 Å². The van der Waals surface area contributed by atoms with Crippen molar-refractivity contribution in [2.75, 3.05) is 13.2 Å². The van der Waals surface area contributed by atoms with E-state index in [1.807, 2.05) is 18.2 Å². The van der Waals surface area contributed by atoms with Crippen LogP contribution in [-0.2, 0) is 16.1 Å². The number of hydrogen-bond acceptors (Lipinski definition) is 4. The van der Waals surface area contributed by atoms with Gasteiger partial charge < -0.3 is 15.8 Å². The predicted octanol–water partition coefficient (Wildman–Crippen LogP) is 1.06. The summed E-state index contributed by atoms with van der Waals surface area (Å²) in [4.78, 5) is 11.2. The lowest BCUT2D eigenvalue weighted by atomic mass is 10.2. The standard InChI is InChI=1S/C13H20N2O2/c1-2-17-13(16)12(14)8-9-15-10-11-6-4-3-5-7-11/h3-7,12,15H,2,8-10,14H2,1H3. The van der Waals surface area contributed by atoms with Gasteiger partial charge in [0.25, 0.3) is 0 Å². The van der Waals surface area contributed by atoms with Crippen LogP contribution in [0.2, 0.25) is 0 Å². The van der Waals surface area contributed by atoms with Gasteiger partial charge in [-0.15, -0.1) is 0 Å². The zero-order valence-electron chi connectivity index (χ0n) is 10.2. The SMILES string of the molecule is CCOC(=O)C(N)CCNCc1ccccc1. The maximum Gasteiger partial charge on any atom is 0.322 e. The van der Waals surface area contributed by atoms with E-state index in [4.69, 9.17) is 10.5 Å². The Hall–Kier alpha value is -1.39. The van der Waals surface area contributed by atoms with Crippen LogP contribution in [0, 0.1) is 0 Å².